The van der Waals surface area contributed by atoms with Crippen LogP contribution in [-0.2, 0) is 19.6 Å². The predicted molar refractivity (Wildman–Crippen MR) is 93.0 cm³/mol. The van der Waals surface area contributed by atoms with Crippen molar-refractivity contribution in [1.29, 1.82) is 0 Å². The summed E-state index contributed by atoms with van der Waals surface area (Å²) in [6, 6.07) is 6.48. The number of carboxylic acid groups (broad SMARTS) is 1. The SMILES string of the molecule is O=C(NNS(=O)(=O)c1ccc([N+](=O)[O-])cc1)C(=O)Nc1ccc(C(=O)O)c([O-])c1. The molecular weight excluding hydrogens is 412 g/mol. The van der Waals surface area contributed by atoms with E-state index in [0.717, 1.165) is 42.5 Å². The van der Waals surface area contributed by atoms with Gasteiger partial charge in [-0.15, -0.1) is 4.83 Å². The van der Waals surface area contributed by atoms with Gasteiger partial charge in [-0.1, -0.05) is 5.75 Å². The molecule has 2 amide bonds. The second-order valence-electron chi connectivity index (χ2n) is 5.28. The van der Waals surface area contributed by atoms with Crippen molar-refractivity contribution < 1.29 is 37.9 Å². The molecule has 0 aliphatic heterocycles. The Bertz CT molecular complexity index is 1100. The van der Waals surface area contributed by atoms with Crippen LogP contribution in [-0.4, -0.2) is 36.2 Å². The van der Waals surface area contributed by atoms with Crippen LogP contribution in [0.3, 0.4) is 0 Å². The van der Waals surface area contributed by atoms with Crippen LogP contribution in [0, 0.1) is 10.1 Å². The number of nitro benzene ring substituents is 1. The molecule has 0 bridgehead atoms. The summed E-state index contributed by atoms with van der Waals surface area (Å²) in [4.78, 5) is 45.3. The number of rotatable bonds is 6. The van der Waals surface area contributed by atoms with Crippen LogP contribution in [0.15, 0.2) is 47.4 Å². The molecule has 0 aliphatic carbocycles. The van der Waals surface area contributed by atoms with Crippen molar-refractivity contribution in [2.75, 3.05) is 5.32 Å². The molecule has 0 saturated heterocycles. The Morgan fingerprint density at radius 1 is 1.00 bits per heavy atom. The minimum atomic E-state index is -4.33. The number of anilines is 1. The Kier molecular flexibility index (Phi) is 6.10. The van der Waals surface area contributed by atoms with Gasteiger partial charge in [-0.25, -0.2) is 13.2 Å². The molecule has 0 atom stereocenters. The Morgan fingerprint density at radius 2 is 1.62 bits per heavy atom. The highest BCUT2D eigenvalue weighted by Crippen LogP contribution is 2.19. The first-order valence-corrected chi connectivity index (χ1v) is 8.91. The lowest BCUT2D eigenvalue weighted by Crippen LogP contribution is -2.46. The number of carboxylic acids is 1. The van der Waals surface area contributed by atoms with E-state index in [2.05, 4.69) is 0 Å². The van der Waals surface area contributed by atoms with Gasteiger partial charge in [-0.05, 0) is 30.3 Å². The molecule has 13 nitrogen and oxygen atoms in total. The molecule has 0 spiro atoms. The largest absolute Gasteiger partial charge is 0.872 e. The van der Waals surface area contributed by atoms with Gasteiger partial charge in [0.05, 0.1) is 15.4 Å². The van der Waals surface area contributed by atoms with E-state index >= 15 is 0 Å². The summed E-state index contributed by atoms with van der Waals surface area (Å²) in [6.45, 7) is 0. The Balaban J connectivity index is 2.00. The van der Waals surface area contributed by atoms with Gasteiger partial charge in [0.15, 0.2) is 0 Å². The second kappa shape index (κ2) is 8.32. The van der Waals surface area contributed by atoms with Gasteiger partial charge in [0.25, 0.3) is 15.7 Å². The smallest absolute Gasteiger partial charge is 0.335 e. The van der Waals surface area contributed by atoms with Crippen molar-refractivity contribution in [2.45, 2.75) is 4.90 Å². The van der Waals surface area contributed by atoms with Gasteiger partial charge in [0, 0.05) is 17.8 Å². The normalized spacial score (nSPS) is 10.8. The van der Waals surface area contributed by atoms with Crippen LogP contribution in [0.2, 0.25) is 0 Å². The zero-order chi connectivity index (χ0) is 21.8. The fourth-order valence-electron chi connectivity index (χ4n) is 1.94. The van der Waals surface area contributed by atoms with Crippen molar-refractivity contribution >= 4 is 39.2 Å². The third kappa shape index (κ3) is 5.24. The van der Waals surface area contributed by atoms with Crippen LogP contribution < -0.4 is 20.7 Å². The molecule has 4 N–H and O–H groups in total. The van der Waals surface area contributed by atoms with Gasteiger partial charge < -0.3 is 15.5 Å². The van der Waals surface area contributed by atoms with Gasteiger partial charge in [0.1, 0.15) is 0 Å². The number of carbonyl (C=O) groups excluding carboxylic acids is 2. The van der Waals surface area contributed by atoms with E-state index in [1.54, 1.807) is 10.3 Å². The van der Waals surface area contributed by atoms with E-state index in [1.807, 2.05) is 5.32 Å². The molecule has 2 aromatic rings. The highest BCUT2D eigenvalue weighted by Gasteiger charge is 2.20. The predicted octanol–water partition coefficient (Wildman–Crippen LogP) is -0.685. The zero-order valence-corrected chi connectivity index (χ0v) is 14.9. The fourth-order valence-corrected chi connectivity index (χ4v) is 2.78. The minimum Gasteiger partial charge on any atom is -0.872 e. The third-order valence-electron chi connectivity index (χ3n) is 3.33. The molecule has 0 aliphatic rings. The van der Waals surface area contributed by atoms with Crippen LogP contribution >= 0.6 is 0 Å². The summed E-state index contributed by atoms with van der Waals surface area (Å²) < 4.78 is 24.0. The summed E-state index contributed by atoms with van der Waals surface area (Å²) in [7, 11) is -4.33. The Morgan fingerprint density at radius 3 is 2.14 bits per heavy atom. The van der Waals surface area contributed by atoms with Gasteiger partial charge in [0.2, 0.25) is 0 Å². The van der Waals surface area contributed by atoms with E-state index in [-0.39, 0.29) is 11.4 Å². The Labute approximate surface area is 162 Å². The molecule has 0 fully saturated rings. The first-order chi connectivity index (χ1) is 13.5. The summed E-state index contributed by atoms with van der Waals surface area (Å²) >= 11 is 0. The average Bonchev–Trinajstić information content (AvgIpc) is 2.66. The maximum atomic E-state index is 12.0. The van der Waals surface area contributed by atoms with Gasteiger partial charge in [-0.2, -0.15) is 0 Å². The first kappa shape index (κ1) is 21.3. The van der Waals surface area contributed by atoms with E-state index in [9.17, 15) is 38.0 Å². The number of benzene rings is 2. The van der Waals surface area contributed by atoms with E-state index in [0.29, 0.717) is 0 Å². The highest BCUT2D eigenvalue weighted by atomic mass is 32.2. The van der Waals surface area contributed by atoms with Gasteiger partial charge >= 0.3 is 17.8 Å². The maximum Gasteiger partial charge on any atom is 0.335 e. The van der Waals surface area contributed by atoms with Gasteiger partial charge in [-0.3, -0.25) is 25.1 Å². The lowest BCUT2D eigenvalue weighted by atomic mass is 10.2. The van der Waals surface area contributed by atoms with E-state index in [4.69, 9.17) is 5.11 Å². The van der Waals surface area contributed by atoms with Crippen LogP contribution in [0.1, 0.15) is 10.4 Å². The number of amides is 2. The monoisotopic (exact) mass is 423 g/mol. The summed E-state index contributed by atoms with van der Waals surface area (Å²) in [5, 5.41) is 32.9. The van der Waals surface area contributed by atoms with E-state index in [1.165, 1.54) is 0 Å². The number of aromatic carboxylic acids is 1. The molecule has 14 heteroatoms. The molecule has 0 heterocycles. The van der Waals surface area contributed by atoms with Crippen molar-refractivity contribution in [3.8, 4) is 5.75 Å². The average molecular weight is 423 g/mol. The first-order valence-electron chi connectivity index (χ1n) is 7.43. The highest BCUT2D eigenvalue weighted by molar-refractivity contribution is 7.89. The molecule has 0 unspecified atom stereocenters. The zero-order valence-electron chi connectivity index (χ0n) is 14.1. The quantitative estimate of drug-likeness (QED) is 0.263. The standard InChI is InChI=1S/C15H12N4O9S/c20-12-7-8(1-6-11(12)15(23)24)16-13(21)14(22)17-18-29(27,28)10-4-2-9(3-5-10)19(25)26/h1-7,18,20H,(H,16,21)(H,17,22)(H,23,24)/p-1. The van der Waals surface area contributed by atoms with Crippen LogP contribution in [0.25, 0.3) is 0 Å². The van der Waals surface area contributed by atoms with Crippen LogP contribution in [0.4, 0.5) is 11.4 Å². The van der Waals surface area contributed by atoms with Crippen molar-refractivity contribution in [1.82, 2.24) is 10.3 Å². The topological polar surface area (TPSA) is 208 Å². The molecular formula is C15H11N4O9S-. The summed E-state index contributed by atoms with van der Waals surface area (Å²) in [5.41, 5.74) is 0.559. The number of hydrogen-bond acceptors (Lipinski definition) is 8. The number of non-ortho nitro benzene ring substituents is 1. The molecule has 0 radical (unpaired) electrons. The molecule has 2 aromatic carbocycles. The summed E-state index contributed by atoms with van der Waals surface area (Å²) in [6.07, 6.45) is 0. The van der Waals surface area contributed by atoms with E-state index < -0.39 is 48.9 Å². The Hall–Kier alpha value is -4.04. The lowest BCUT2D eigenvalue weighted by Gasteiger charge is -2.13. The number of hydrazine groups is 1. The van der Waals surface area contributed by atoms with Crippen molar-refractivity contribution in [3.05, 3.63) is 58.1 Å². The minimum absolute atomic E-state index is 0.182. The molecule has 152 valence electrons. The second-order valence-corrected chi connectivity index (χ2v) is 6.96. The number of nitrogens with one attached hydrogen (secondary N) is 3. The molecule has 2 rings (SSSR count). The molecule has 29 heavy (non-hydrogen) atoms. The maximum absolute atomic E-state index is 12.0. The lowest BCUT2D eigenvalue weighted by molar-refractivity contribution is -0.384. The number of nitro groups is 1. The molecule has 0 saturated carbocycles. The number of carbonyl (C=O) groups is 3. The molecule has 0 aromatic heterocycles. The number of sulfonamides is 1. The third-order valence-corrected chi connectivity index (χ3v) is 4.60. The summed E-state index contributed by atoms with van der Waals surface area (Å²) in [5.74, 6) is -5.16. The van der Waals surface area contributed by atoms with Crippen molar-refractivity contribution in [2.24, 2.45) is 0 Å². The van der Waals surface area contributed by atoms with Crippen LogP contribution in [0.5, 0.6) is 5.75 Å². The van der Waals surface area contributed by atoms with Crippen molar-refractivity contribution in [3.63, 3.8) is 0 Å². The number of nitrogens with zero attached hydrogens (tertiary/aromatic N) is 1. The fraction of sp³-hybridized carbons (Fsp3) is 0. The number of hydrogen-bond donors (Lipinski definition) is 4.